The molecule has 0 bridgehead atoms. The second-order valence-electron chi connectivity index (χ2n) is 7.99. The SMILES string of the molecule is NC(=O)c1cc(COc2ccc3c(NC(=O)c4ccc(C(F)(F)C(F)(F)F)cc4)cccc3c2)ccn1. The Kier molecular flexibility index (Phi) is 6.80. The van der Waals surface area contributed by atoms with E-state index in [1.807, 2.05) is 0 Å². The van der Waals surface area contributed by atoms with Crippen LogP contribution in [0, 0.1) is 0 Å². The van der Waals surface area contributed by atoms with Crippen LogP contribution < -0.4 is 15.8 Å². The number of hydrogen-bond acceptors (Lipinski definition) is 4. The lowest BCUT2D eigenvalue weighted by Gasteiger charge is -2.20. The number of nitrogens with zero attached hydrogens (tertiary/aromatic N) is 1. The number of anilines is 1. The summed E-state index contributed by atoms with van der Waals surface area (Å²) in [6.45, 7) is 0.147. The Balaban J connectivity index is 1.48. The van der Waals surface area contributed by atoms with Gasteiger partial charge >= 0.3 is 12.1 Å². The Morgan fingerprint density at radius 1 is 0.919 bits per heavy atom. The number of halogens is 5. The smallest absolute Gasteiger partial charge is 0.458 e. The quantitative estimate of drug-likeness (QED) is 0.304. The van der Waals surface area contributed by atoms with Crippen molar-refractivity contribution in [3.8, 4) is 5.75 Å². The molecule has 3 N–H and O–H groups in total. The minimum atomic E-state index is -5.74. The summed E-state index contributed by atoms with van der Waals surface area (Å²) in [5.74, 6) is -5.86. The highest BCUT2D eigenvalue weighted by atomic mass is 19.4. The molecule has 1 heterocycles. The zero-order chi connectivity index (χ0) is 26.8. The fourth-order valence-electron chi connectivity index (χ4n) is 3.52. The number of primary amides is 1. The van der Waals surface area contributed by atoms with Gasteiger partial charge in [-0.25, -0.2) is 0 Å². The van der Waals surface area contributed by atoms with Crippen molar-refractivity contribution in [2.24, 2.45) is 5.73 Å². The van der Waals surface area contributed by atoms with E-state index in [1.54, 1.807) is 42.5 Å². The van der Waals surface area contributed by atoms with Crippen LogP contribution in [0.5, 0.6) is 5.75 Å². The number of carbonyl (C=O) groups excluding carboxylic acids is 2. The van der Waals surface area contributed by atoms with Crippen molar-refractivity contribution in [3.05, 3.63) is 101 Å². The first-order valence-electron chi connectivity index (χ1n) is 10.7. The Bertz CT molecular complexity index is 1470. The summed E-state index contributed by atoms with van der Waals surface area (Å²) in [5.41, 5.74) is 5.09. The van der Waals surface area contributed by atoms with Gasteiger partial charge in [-0.15, -0.1) is 0 Å². The maximum atomic E-state index is 13.5. The molecule has 6 nitrogen and oxygen atoms in total. The van der Waals surface area contributed by atoms with Crippen LogP contribution in [0.4, 0.5) is 27.6 Å². The molecule has 0 fully saturated rings. The lowest BCUT2D eigenvalue weighted by Crippen LogP contribution is -2.33. The molecule has 0 spiro atoms. The molecule has 0 radical (unpaired) electrons. The average Bonchev–Trinajstić information content (AvgIpc) is 2.87. The van der Waals surface area contributed by atoms with Gasteiger partial charge in [0, 0.05) is 28.4 Å². The van der Waals surface area contributed by atoms with Crippen LogP contribution in [-0.4, -0.2) is 23.0 Å². The Morgan fingerprint density at radius 3 is 2.32 bits per heavy atom. The van der Waals surface area contributed by atoms with E-state index in [0.717, 1.165) is 12.1 Å². The molecule has 4 aromatic rings. The van der Waals surface area contributed by atoms with E-state index in [-0.39, 0.29) is 17.9 Å². The van der Waals surface area contributed by atoms with Gasteiger partial charge in [0.1, 0.15) is 18.1 Å². The number of ether oxygens (including phenoxy) is 1. The second kappa shape index (κ2) is 9.84. The van der Waals surface area contributed by atoms with Crippen LogP contribution in [0.15, 0.2) is 79.0 Å². The molecule has 0 aliphatic carbocycles. The molecule has 2 amide bonds. The number of hydrogen-bond donors (Lipinski definition) is 2. The molecule has 4 rings (SSSR count). The number of nitrogens with two attached hydrogens (primary N) is 1. The summed E-state index contributed by atoms with van der Waals surface area (Å²) in [6, 6.07) is 16.3. The van der Waals surface area contributed by atoms with Crippen molar-refractivity contribution < 1.29 is 36.3 Å². The number of nitrogens with one attached hydrogen (secondary N) is 1. The van der Waals surface area contributed by atoms with Crippen LogP contribution in [-0.2, 0) is 12.5 Å². The summed E-state index contributed by atoms with van der Waals surface area (Å²) in [6.07, 6.45) is -4.30. The largest absolute Gasteiger partial charge is 0.489 e. The zero-order valence-electron chi connectivity index (χ0n) is 18.9. The maximum Gasteiger partial charge on any atom is 0.458 e. The summed E-state index contributed by atoms with van der Waals surface area (Å²) < 4.78 is 70.5. The van der Waals surface area contributed by atoms with Gasteiger partial charge in [0.25, 0.3) is 11.8 Å². The number of fused-ring (bicyclic) bond motifs is 1. The van der Waals surface area contributed by atoms with E-state index in [2.05, 4.69) is 10.3 Å². The van der Waals surface area contributed by atoms with Crippen molar-refractivity contribution in [2.45, 2.75) is 18.7 Å². The predicted octanol–water partition coefficient (Wildman–Crippen LogP) is 5.82. The normalized spacial score (nSPS) is 11.8. The molecule has 0 unspecified atom stereocenters. The van der Waals surface area contributed by atoms with Crippen LogP contribution in [0.2, 0.25) is 0 Å². The van der Waals surface area contributed by atoms with E-state index in [9.17, 15) is 31.5 Å². The molecule has 0 atom stereocenters. The van der Waals surface area contributed by atoms with Gasteiger partial charge in [0.05, 0.1) is 0 Å². The van der Waals surface area contributed by atoms with E-state index in [4.69, 9.17) is 10.5 Å². The topological polar surface area (TPSA) is 94.3 Å². The first-order chi connectivity index (χ1) is 17.5. The summed E-state index contributed by atoms with van der Waals surface area (Å²) in [5, 5.41) is 4.00. The molecule has 0 saturated carbocycles. The van der Waals surface area contributed by atoms with Crippen molar-refractivity contribution in [3.63, 3.8) is 0 Å². The molecular formula is C26H18F5N3O3. The van der Waals surface area contributed by atoms with Gasteiger partial charge in [0.15, 0.2) is 0 Å². The van der Waals surface area contributed by atoms with Gasteiger partial charge in [0.2, 0.25) is 0 Å². The van der Waals surface area contributed by atoms with Crippen LogP contribution >= 0.6 is 0 Å². The molecule has 0 saturated heterocycles. The van der Waals surface area contributed by atoms with Gasteiger partial charge in [-0.1, -0.05) is 24.3 Å². The minimum absolute atomic E-state index is 0.0913. The number of rotatable bonds is 7. The zero-order valence-corrected chi connectivity index (χ0v) is 18.9. The fraction of sp³-hybridized carbons (Fsp3) is 0.115. The van der Waals surface area contributed by atoms with Gasteiger partial charge < -0.3 is 15.8 Å². The molecule has 3 aromatic carbocycles. The van der Waals surface area contributed by atoms with Crippen molar-refractivity contribution in [1.29, 1.82) is 0 Å². The molecule has 0 aliphatic heterocycles. The molecule has 0 aliphatic rings. The Hall–Kier alpha value is -4.54. The number of pyridine rings is 1. The van der Waals surface area contributed by atoms with Gasteiger partial charge in [-0.3, -0.25) is 14.6 Å². The molecular weight excluding hydrogens is 497 g/mol. The van der Waals surface area contributed by atoms with Crippen LogP contribution in [0.25, 0.3) is 10.8 Å². The van der Waals surface area contributed by atoms with Crippen molar-refractivity contribution >= 4 is 28.3 Å². The number of carbonyl (C=O) groups is 2. The fourth-order valence-corrected chi connectivity index (χ4v) is 3.52. The first kappa shape index (κ1) is 25.5. The van der Waals surface area contributed by atoms with E-state index < -0.39 is 29.5 Å². The average molecular weight is 515 g/mol. The van der Waals surface area contributed by atoms with Crippen LogP contribution in [0.1, 0.15) is 32.0 Å². The third kappa shape index (κ3) is 5.50. The van der Waals surface area contributed by atoms with E-state index in [1.165, 1.54) is 12.3 Å². The summed E-state index contributed by atoms with van der Waals surface area (Å²) in [4.78, 5) is 27.8. The highest BCUT2D eigenvalue weighted by Gasteiger charge is 2.58. The summed E-state index contributed by atoms with van der Waals surface area (Å²) in [7, 11) is 0. The Labute approximate surface area is 206 Å². The van der Waals surface area contributed by atoms with Crippen molar-refractivity contribution in [2.75, 3.05) is 5.32 Å². The molecule has 11 heteroatoms. The highest BCUT2D eigenvalue weighted by Crippen LogP contribution is 2.43. The first-order valence-corrected chi connectivity index (χ1v) is 10.7. The van der Waals surface area contributed by atoms with E-state index >= 15 is 0 Å². The maximum absolute atomic E-state index is 13.5. The molecule has 37 heavy (non-hydrogen) atoms. The standard InChI is InChI=1S/C26H18F5N3O3/c27-25(28,26(29,30)31)18-6-4-16(5-7-18)24(36)34-21-3-1-2-17-13-19(8-9-20(17)21)37-14-15-10-11-33-22(12-15)23(32)35/h1-13H,14H2,(H2,32,35)(H,34,36). The van der Waals surface area contributed by atoms with E-state index in [0.29, 0.717) is 39.9 Å². The third-order valence-electron chi connectivity index (χ3n) is 5.45. The number of benzene rings is 3. The van der Waals surface area contributed by atoms with Crippen LogP contribution in [0.3, 0.4) is 0 Å². The number of alkyl halides is 5. The lowest BCUT2D eigenvalue weighted by atomic mass is 10.0. The van der Waals surface area contributed by atoms with Crippen molar-refractivity contribution in [1.82, 2.24) is 4.98 Å². The minimum Gasteiger partial charge on any atom is -0.489 e. The monoisotopic (exact) mass is 515 g/mol. The number of aromatic nitrogens is 1. The number of amides is 2. The second-order valence-corrected chi connectivity index (χ2v) is 7.99. The Morgan fingerprint density at radius 2 is 1.65 bits per heavy atom. The molecule has 1 aromatic heterocycles. The molecule has 190 valence electrons. The summed E-state index contributed by atoms with van der Waals surface area (Å²) >= 11 is 0. The third-order valence-corrected chi connectivity index (χ3v) is 5.45. The van der Waals surface area contributed by atoms with Gasteiger partial charge in [-0.05, 0) is 59.5 Å². The predicted molar refractivity (Wildman–Crippen MR) is 125 cm³/mol. The highest BCUT2D eigenvalue weighted by molar-refractivity contribution is 6.09. The lowest BCUT2D eigenvalue weighted by molar-refractivity contribution is -0.289. The van der Waals surface area contributed by atoms with Gasteiger partial charge in [-0.2, -0.15) is 22.0 Å².